The number of H-pyrrole nitrogens is 2. The largest absolute Gasteiger partial charge is 0.472 e. The van der Waals surface area contributed by atoms with Crippen molar-refractivity contribution < 1.29 is 4.42 Å². The van der Waals surface area contributed by atoms with Crippen molar-refractivity contribution in [2.45, 2.75) is 18.4 Å². The van der Waals surface area contributed by atoms with Gasteiger partial charge in [0, 0.05) is 24.2 Å². The van der Waals surface area contributed by atoms with Gasteiger partial charge in [0.2, 0.25) is 0 Å². The highest BCUT2D eigenvalue weighted by Gasteiger charge is 2.36. The number of nitrogens with two attached hydrogens (primary N) is 1. The van der Waals surface area contributed by atoms with Crippen molar-refractivity contribution in [3.8, 4) is 11.1 Å². The number of hydrogen-bond acceptors (Lipinski definition) is 7. The smallest absolute Gasteiger partial charge is 0.160 e. The van der Waals surface area contributed by atoms with Crippen molar-refractivity contribution in [3.05, 3.63) is 55.1 Å². The molecule has 1 aliphatic heterocycles. The lowest BCUT2D eigenvalue weighted by atomic mass is 9.88. The molecule has 150 valence electrons. The molecule has 1 saturated heterocycles. The summed E-state index contributed by atoms with van der Waals surface area (Å²) in [7, 11) is 0. The van der Waals surface area contributed by atoms with Gasteiger partial charge in [0.1, 0.15) is 18.0 Å². The fourth-order valence-electron chi connectivity index (χ4n) is 4.28. The summed E-state index contributed by atoms with van der Waals surface area (Å²) in [5, 5.41) is 7.91. The van der Waals surface area contributed by atoms with Crippen LogP contribution in [0.4, 0.5) is 5.82 Å². The van der Waals surface area contributed by atoms with E-state index in [1.54, 1.807) is 25.1 Å². The first-order valence-electron chi connectivity index (χ1n) is 9.91. The van der Waals surface area contributed by atoms with Crippen LogP contribution in [0.3, 0.4) is 0 Å². The highest BCUT2D eigenvalue weighted by atomic mass is 16.3. The summed E-state index contributed by atoms with van der Waals surface area (Å²) >= 11 is 0. The van der Waals surface area contributed by atoms with Crippen LogP contribution in [0.1, 0.15) is 18.7 Å². The number of hydrogen-bond donors (Lipinski definition) is 3. The van der Waals surface area contributed by atoms with Gasteiger partial charge in [-0.25, -0.2) is 15.0 Å². The van der Waals surface area contributed by atoms with Crippen LogP contribution in [0.15, 0.2) is 53.7 Å². The van der Waals surface area contributed by atoms with Gasteiger partial charge in [0.05, 0.1) is 40.7 Å². The molecule has 1 aromatic carbocycles. The second-order valence-electron chi connectivity index (χ2n) is 7.77. The van der Waals surface area contributed by atoms with E-state index in [2.05, 4.69) is 36.1 Å². The normalized spacial score (nSPS) is 16.5. The molecule has 0 spiro atoms. The van der Waals surface area contributed by atoms with Crippen LogP contribution < -0.4 is 10.6 Å². The number of furan rings is 1. The average Bonchev–Trinajstić information content (AvgIpc) is 3.54. The zero-order chi connectivity index (χ0) is 20.1. The Morgan fingerprint density at radius 2 is 2.03 bits per heavy atom. The van der Waals surface area contributed by atoms with Gasteiger partial charge in [-0.15, -0.1) is 0 Å². The zero-order valence-electron chi connectivity index (χ0n) is 16.2. The molecule has 0 aliphatic carbocycles. The minimum absolute atomic E-state index is 0.522. The summed E-state index contributed by atoms with van der Waals surface area (Å²) in [6.45, 7) is 1.55. The molecule has 5 heterocycles. The van der Waals surface area contributed by atoms with Gasteiger partial charge in [-0.05, 0) is 25.0 Å². The second-order valence-corrected chi connectivity index (χ2v) is 7.77. The van der Waals surface area contributed by atoms with Crippen molar-refractivity contribution in [1.29, 1.82) is 0 Å². The molecule has 5 aromatic rings. The Morgan fingerprint density at radius 1 is 1.13 bits per heavy atom. The van der Waals surface area contributed by atoms with E-state index < -0.39 is 5.54 Å². The molecular formula is C21H20N8O. The Bertz CT molecular complexity index is 1330. The van der Waals surface area contributed by atoms with E-state index >= 15 is 0 Å². The molecule has 6 rings (SSSR count). The molecule has 9 nitrogen and oxygen atoms in total. The van der Waals surface area contributed by atoms with E-state index in [4.69, 9.17) is 15.1 Å². The third kappa shape index (κ3) is 2.59. The average molecular weight is 400 g/mol. The molecule has 30 heavy (non-hydrogen) atoms. The SMILES string of the molecule is NC1(c2nc3c(-c4ccoc4)cccc3[nH]2)CCN(c2ncnc3[nH]ncc23)CC1. The van der Waals surface area contributed by atoms with Crippen molar-refractivity contribution in [3.63, 3.8) is 0 Å². The van der Waals surface area contributed by atoms with Crippen LogP contribution in [0.25, 0.3) is 33.2 Å². The first kappa shape index (κ1) is 17.2. The van der Waals surface area contributed by atoms with Crippen LogP contribution in [-0.4, -0.2) is 43.2 Å². The molecular weight excluding hydrogens is 380 g/mol. The summed E-state index contributed by atoms with van der Waals surface area (Å²) in [4.78, 5) is 19.3. The monoisotopic (exact) mass is 400 g/mol. The maximum Gasteiger partial charge on any atom is 0.160 e. The number of aromatic nitrogens is 6. The van der Waals surface area contributed by atoms with Crippen molar-refractivity contribution in [1.82, 2.24) is 30.1 Å². The minimum Gasteiger partial charge on any atom is -0.472 e. The highest BCUT2D eigenvalue weighted by molar-refractivity contribution is 5.92. The number of anilines is 1. The first-order valence-corrected chi connectivity index (χ1v) is 9.91. The lowest BCUT2D eigenvalue weighted by molar-refractivity contribution is 0.327. The zero-order valence-corrected chi connectivity index (χ0v) is 16.2. The van der Waals surface area contributed by atoms with E-state index in [0.29, 0.717) is 0 Å². The molecule has 0 saturated carbocycles. The summed E-state index contributed by atoms with van der Waals surface area (Å²) in [6.07, 6.45) is 8.26. The van der Waals surface area contributed by atoms with Crippen molar-refractivity contribution in [2.75, 3.05) is 18.0 Å². The van der Waals surface area contributed by atoms with Crippen molar-refractivity contribution in [2.24, 2.45) is 5.73 Å². The minimum atomic E-state index is -0.522. The number of imidazole rings is 1. The molecule has 0 atom stereocenters. The van der Waals surface area contributed by atoms with E-state index in [9.17, 15) is 0 Å². The third-order valence-corrected chi connectivity index (χ3v) is 6.00. The maximum absolute atomic E-state index is 6.86. The van der Waals surface area contributed by atoms with Crippen LogP contribution in [0.5, 0.6) is 0 Å². The Kier molecular flexibility index (Phi) is 3.66. The molecule has 0 amide bonds. The molecule has 4 N–H and O–H groups in total. The van der Waals surface area contributed by atoms with Crippen LogP contribution in [0, 0.1) is 0 Å². The summed E-state index contributed by atoms with van der Waals surface area (Å²) < 4.78 is 5.25. The van der Waals surface area contributed by atoms with Crippen LogP contribution >= 0.6 is 0 Å². The number of piperidine rings is 1. The standard InChI is InChI=1S/C21H20N8O/c22-21(5-7-29(8-6-21)19-15-10-25-28-18(15)23-12-24-19)20-26-16-3-1-2-14(17(16)27-20)13-4-9-30-11-13/h1-4,9-12H,5-8,22H2,(H,26,27)(H,23,24,25,28). The van der Waals surface area contributed by atoms with E-state index in [1.165, 1.54) is 0 Å². The van der Waals surface area contributed by atoms with E-state index in [0.717, 1.165) is 70.8 Å². The second kappa shape index (κ2) is 6.39. The molecule has 4 aromatic heterocycles. The Hall–Kier alpha value is -3.72. The van der Waals surface area contributed by atoms with Gasteiger partial charge in [-0.2, -0.15) is 5.10 Å². The van der Waals surface area contributed by atoms with Gasteiger partial charge in [-0.3, -0.25) is 5.10 Å². The van der Waals surface area contributed by atoms with Crippen LogP contribution in [0.2, 0.25) is 0 Å². The van der Waals surface area contributed by atoms with Crippen LogP contribution in [-0.2, 0) is 5.54 Å². The van der Waals surface area contributed by atoms with Gasteiger partial charge in [0.15, 0.2) is 5.65 Å². The summed E-state index contributed by atoms with van der Waals surface area (Å²) in [6, 6.07) is 8.04. The maximum atomic E-state index is 6.86. The Labute approximate surface area is 171 Å². The lowest BCUT2D eigenvalue weighted by Gasteiger charge is -2.38. The number of nitrogens with zero attached hydrogens (tertiary/aromatic N) is 5. The third-order valence-electron chi connectivity index (χ3n) is 6.00. The highest BCUT2D eigenvalue weighted by Crippen LogP contribution is 2.35. The number of benzene rings is 1. The lowest BCUT2D eigenvalue weighted by Crippen LogP contribution is -2.49. The van der Waals surface area contributed by atoms with Crippen molar-refractivity contribution >= 4 is 27.9 Å². The fourth-order valence-corrected chi connectivity index (χ4v) is 4.28. The summed E-state index contributed by atoms with van der Waals surface area (Å²) in [5.41, 5.74) is 11.0. The summed E-state index contributed by atoms with van der Waals surface area (Å²) in [5.74, 6) is 1.71. The number of aromatic amines is 2. The van der Waals surface area contributed by atoms with Gasteiger partial charge in [0.25, 0.3) is 0 Å². The fraction of sp³-hybridized carbons (Fsp3) is 0.238. The van der Waals surface area contributed by atoms with Gasteiger partial charge in [-0.1, -0.05) is 12.1 Å². The van der Waals surface area contributed by atoms with Gasteiger partial charge < -0.3 is 20.0 Å². The molecule has 0 radical (unpaired) electrons. The number of rotatable bonds is 3. The molecule has 9 heteroatoms. The van der Waals surface area contributed by atoms with Gasteiger partial charge >= 0.3 is 0 Å². The predicted molar refractivity (Wildman–Crippen MR) is 113 cm³/mol. The molecule has 0 unspecified atom stereocenters. The number of fused-ring (bicyclic) bond motifs is 2. The molecule has 1 fully saturated rings. The first-order chi connectivity index (χ1) is 14.7. The Morgan fingerprint density at radius 3 is 2.87 bits per heavy atom. The molecule has 0 bridgehead atoms. The van der Waals surface area contributed by atoms with E-state index in [-0.39, 0.29) is 0 Å². The topological polar surface area (TPSA) is 126 Å². The molecule has 1 aliphatic rings. The quantitative estimate of drug-likeness (QED) is 0.425. The number of para-hydroxylation sites is 1. The van der Waals surface area contributed by atoms with E-state index in [1.807, 2.05) is 18.2 Å². The Balaban J connectivity index is 1.31. The predicted octanol–water partition coefficient (Wildman–Crippen LogP) is 2.94. The number of nitrogens with one attached hydrogen (secondary N) is 2.